The lowest BCUT2D eigenvalue weighted by Gasteiger charge is -2.35. The quantitative estimate of drug-likeness (QED) is 0.880. The zero-order valence-electron chi connectivity index (χ0n) is 14.9. The number of anilines is 1. The van der Waals surface area contributed by atoms with Gasteiger partial charge in [-0.25, -0.2) is 4.98 Å². The van der Waals surface area contributed by atoms with E-state index in [0.29, 0.717) is 18.2 Å². The lowest BCUT2D eigenvalue weighted by molar-refractivity contribution is 0.0944. The SMILES string of the molecule is CC(C)CNC(=O)c1cccc(N2CCNC(c3ccccc3)C2)n1. The minimum Gasteiger partial charge on any atom is -0.353 e. The molecule has 1 aromatic carbocycles. The minimum atomic E-state index is -0.106. The molecule has 1 fully saturated rings. The second kappa shape index (κ2) is 8.12. The van der Waals surface area contributed by atoms with Crippen LogP contribution in [0.25, 0.3) is 0 Å². The third-order valence-corrected chi connectivity index (χ3v) is 4.34. The molecule has 2 heterocycles. The Morgan fingerprint density at radius 1 is 1.24 bits per heavy atom. The van der Waals surface area contributed by atoms with Gasteiger partial charge in [0.15, 0.2) is 0 Å². The van der Waals surface area contributed by atoms with Crippen molar-refractivity contribution in [3.8, 4) is 0 Å². The van der Waals surface area contributed by atoms with Crippen molar-refractivity contribution in [2.24, 2.45) is 5.92 Å². The molecule has 1 amide bonds. The highest BCUT2D eigenvalue weighted by atomic mass is 16.1. The topological polar surface area (TPSA) is 57.3 Å². The van der Waals surface area contributed by atoms with E-state index < -0.39 is 0 Å². The van der Waals surface area contributed by atoms with E-state index in [2.05, 4.69) is 58.6 Å². The Hall–Kier alpha value is -2.40. The van der Waals surface area contributed by atoms with Crippen molar-refractivity contribution in [2.75, 3.05) is 31.1 Å². The van der Waals surface area contributed by atoms with E-state index in [4.69, 9.17) is 0 Å². The summed E-state index contributed by atoms with van der Waals surface area (Å²) in [6.07, 6.45) is 0. The van der Waals surface area contributed by atoms with Crippen LogP contribution in [0, 0.1) is 5.92 Å². The molecule has 2 aromatic rings. The molecular weight excluding hydrogens is 312 g/mol. The summed E-state index contributed by atoms with van der Waals surface area (Å²) >= 11 is 0. The monoisotopic (exact) mass is 338 g/mol. The molecule has 1 unspecified atom stereocenters. The van der Waals surface area contributed by atoms with Crippen LogP contribution in [-0.2, 0) is 0 Å². The lowest BCUT2D eigenvalue weighted by Crippen LogP contribution is -2.46. The molecular formula is C20H26N4O. The first-order valence-corrected chi connectivity index (χ1v) is 8.92. The molecule has 1 aromatic heterocycles. The van der Waals surface area contributed by atoms with Gasteiger partial charge in [0.2, 0.25) is 0 Å². The molecule has 1 aliphatic rings. The number of hydrogen-bond donors (Lipinski definition) is 2. The van der Waals surface area contributed by atoms with Crippen LogP contribution in [0.1, 0.15) is 35.9 Å². The third kappa shape index (κ3) is 4.57. The summed E-state index contributed by atoms with van der Waals surface area (Å²) < 4.78 is 0. The molecule has 0 bridgehead atoms. The summed E-state index contributed by atoms with van der Waals surface area (Å²) in [5, 5.41) is 6.49. The van der Waals surface area contributed by atoms with E-state index in [-0.39, 0.29) is 11.9 Å². The van der Waals surface area contributed by atoms with Crippen molar-refractivity contribution in [3.05, 3.63) is 59.8 Å². The number of piperazine rings is 1. The Morgan fingerprint density at radius 3 is 2.80 bits per heavy atom. The van der Waals surface area contributed by atoms with Crippen LogP contribution in [0.5, 0.6) is 0 Å². The van der Waals surface area contributed by atoms with Gasteiger partial charge >= 0.3 is 0 Å². The third-order valence-electron chi connectivity index (χ3n) is 4.34. The minimum absolute atomic E-state index is 0.106. The predicted molar refractivity (Wildman–Crippen MR) is 101 cm³/mol. The van der Waals surface area contributed by atoms with Crippen LogP contribution in [0.4, 0.5) is 5.82 Å². The molecule has 25 heavy (non-hydrogen) atoms. The summed E-state index contributed by atoms with van der Waals surface area (Å²) in [6, 6.07) is 16.4. The molecule has 1 atom stereocenters. The van der Waals surface area contributed by atoms with E-state index >= 15 is 0 Å². The molecule has 3 rings (SSSR count). The number of aromatic nitrogens is 1. The summed E-state index contributed by atoms with van der Waals surface area (Å²) in [5.74, 6) is 1.18. The Bertz CT molecular complexity index is 702. The fourth-order valence-electron chi connectivity index (χ4n) is 2.98. The van der Waals surface area contributed by atoms with Crippen LogP contribution in [0.2, 0.25) is 0 Å². The molecule has 1 aliphatic heterocycles. The van der Waals surface area contributed by atoms with Crippen LogP contribution < -0.4 is 15.5 Å². The van der Waals surface area contributed by atoms with Gasteiger partial charge in [-0.05, 0) is 23.6 Å². The highest BCUT2D eigenvalue weighted by Crippen LogP contribution is 2.21. The number of rotatable bonds is 5. The largest absolute Gasteiger partial charge is 0.353 e. The second-order valence-electron chi connectivity index (χ2n) is 6.85. The van der Waals surface area contributed by atoms with Gasteiger partial charge in [-0.3, -0.25) is 4.79 Å². The first-order valence-electron chi connectivity index (χ1n) is 8.92. The molecule has 2 N–H and O–H groups in total. The standard InChI is InChI=1S/C20H26N4O/c1-15(2)13-22-20(25)17-9-6-10-19(23-17)24-12-11-21-18(14-24)16-7-4-3-5-8-16/h3-10,15,18,21H,11-14H2,1-2H3,(H,22,25). The zero-order chi connectivity index (χ0) is 17.6. The van der Waals surface area contributed by atoms with Crippen molar-refractivity contribution in [2.45, 2.75) is 19.9 Å². The predicted octanol–water partition coefficient (Wildman–Crippen LogP) is 2.62. The van der Waals surface area contributed by atoms with Crippen LogP contribution >= 0.6 is 0 Å². The fraction of sp³-hybridized carbons (Fsp3) is 0.400. The molecule has 5 nitrogen and oxygen atoms in total. The fourth-order valence-corrected chi connectivity index (χ4v) is 2.98. The Labute approximate surface area is 149 Å². The zero-order valence-corrected chi connectivity index (χ0v) is 14.9. The molecule has 1 saturated heterocycles. The van der Waals surface area contributed by atoms with Crippen molar-refractivity contribution >= 4 is 11.7 Å². The maximum Gasteiger partial charge on any atom is 0.269 e. The highest BCUT2D eigenvalue weighted by molar-refractivity contribution is 5.92. The van der Waals surface area contributed by atoms with Gasteiger partial charge < -0.3 is 15.5 Å². The Balaban J connectivity index is 1.71. The van der Waals surface area contributed by atoms with Gasteiger partial charge in [-0.2, -0.15) is 0 Å². The molecule has 5 heteroatoms. The molecule has 0 spiro atoms. The maximum absolute atomic E-state index is 12.3. The van der Waals surface area contributed by atoms with E-state index in [1.165, 1.54) is 5.56 Å². The number of hydrogen-bond acceptors (Lipinski definition) is 4. The van der Waals surface area contributed by atoms with E-state index in [9.17, 15) is 4.79 Å². The van der Waals surface area contributed by atoms with E-state index in [1.807, 2.05) is 18.2 Å². The second-order valence-corrected chi connectivity index (χ2v) is 6.85. The molecule has 132 valence electrons. The summed E-state index contributed by atoms with van der Waals surface area (Å²) in [7, 11) is 0. The average Bonchev–Trinajstić information content (AvgIpc) is 2.67. The van der Waals surface area contributed by atoms with Gasteiger partial charge in [-0.1, -0.05) is 50.2 Å². The first-order chi connectivity index (χ1) is 12.1. The molecule has 0 radical (unpaired) electrons. The number of pyridine rings is 1. The number of carbonyl (C=O) groups is 1. The van der Waals surface area contributed by atoms with E-state index in [1.54, 1.807) is 6.07 Å². The number of nitrogens with zero attached hydrogens (tertiary/aromatic N) is 2. The van der Waals surface area contributed by atoms with Gasteiger partial charge in [0, 0.05) is 32.2 Å². The highest BCUT2D eigenvalue weighted by Gasteiger charge is 2.22. The van der Waals surface area contributed by atoms with Crippen LogP contribution in [-0.4, -0.2) is 37.1 Å². The first kappa shape index (κ1) is 17.4. The maximum atomic E-state index is 12.3. The van der Waals surface area contributed by atoms with Crippen molar-refractivity contribution in [1.29, 1.82) is 0 Å². The number of nitrogens with one attached hydrogen (secondary N) is 2. The van der Waals surface area contributed by atoms with Crippen molar-refractivity contribution in [1.82, 2.24) is 15.6 Å². The molecule has 0 saturated carbocycles. The lowest BCUT2D eigenvalue weighted by atomic mass is 10.0. The van der Waals surface area contributed by atoms with Crippen LogP contribution in [0.3, 0.4) is 0 Å². The smallest absolute Gasteiger partial charge is 0.269 e. The normalized spacial score (nSPS) is 17.6. The summed E-state index contributed by atoms with van der Waals surface area (Å²) in [4.78, 5) is 19.1. The van der Waals surface area contributed by atoms with Gasteiger partial charge in [0.25, 0.3) is 5.91 Å². The number of benzene rings is 1. The Kier molecular flexibility index (Phi) is 5.66. The number of carbonyl (C=O) groups excluding carboxylic acids is 1. The van der Waals surface area contributed by atoms with Gasteiger partial charge in [0.1, 0.15) is 11.5 Å². The van der Waals surface area contributed by atoms with Gasteiger partial charge in [0.05, 0.1) is 0 Å². The van der Waals surface area contributed by atoms with Crippen molar-refractivity contribution in [3.63, 3.8) is 0 Å². The molecule has 0 aliphatic carbocycles. The van der Waals surface area contributed by atoms with Crippen molar-refractivity contribution < 1.29 is 4.79 Å². The summed E-state index contributed by atoms with van der Waals surface area (Å²) in [5.41, 5.74) is 1.76. The Morgan fingerprint density at radius 2 is 2.04 bits per heavy atom. The van der Waals surface area contributed by atoms with Gasteiger partial charge in [-0.15, -0.1) is 0 Å². The van der Waals surface area contributed by atoms with Crippen LogP contribution in [0.15, 0.2) is 48.5 Å². The average molecular weight is 338 g/mol. The number of amides is 1. The van der Waals surface area contributed by atoms with E-state index in [0.717, 1.165) is 25.5 Å². The summed E-state index contributed by atoms with van der Waals surface area (Å²) in [6.45, 7) is 7.43.